The topological polar surface area (TPSA) is 75.7 Å². The Morgan fingerprint density at radius 3 is 2.15 bits per heavy atom. The summed E-state index contributed by atoms with van der Waals surface area (Å²) in [5, 5.41) is 2.71. The van der Waals surface area contributed by atoms with E-state index < -0.39 is 0 Å². The summed E-state index contributed by atoms with van der Waals surface area (Å²) in [7, 11) is 0. The molecule has 1 aliphatic heterocycles. The molecule has 1 saturated heterocycles. The van der Waals surface area contributed by atoms with Crippen molar-refractivity contribution in [1.29, 1.82) is 0 Å². The molecular weight excluding hydrogens is 416 g/mol. The highest BCUT2D eigenvalue weighted by molar-refractivity contribution is 5.95. The van der Waals surface area contributed by atoms with Crippen LogP contribution in [-0.2, 0) is 9.59 Å². The number of rotatable bonds is 7. The third-order valence-electron chi connectivity index (χ3n) is 5.57. The first-order valence-corrected chi connectivity index (χ1v) is 11.8. The monoisotopic (exact) mass is 452 g/mol. The van der Waals surface area contributed by atoms with Crippen molar-refractivity contribution in [1.82, 2.24) is 4.90 Å². The first-order chi connectivity index (χ1) is 15.8. The summed E-state index contributed by atoms with van der Waals surface area (Å²) in [4.78, 5) is 36.4. The molecule has 0 saturated carbocycles. The van der Waals surface area contributed by atoms with Crippen LogP contribution in [0.2, 0.25) is 0 Å². The number of nitrogens with one attached hydrogen (secondary N) is 1. The van der Waals surface area contributed by atoms with E-state index >= 15 is 0 Å². The van der Waals surface area contributed by atoms with E-state index in [0.717, 1.165) is 42.9 Å². The van der Waals surface area contributed by atoms with Crippen LogP contribution in [0.25, 0.3) is 0 Å². The maximum Gasteiger partial charge on any atom is 0.263 e. The third kappa shape index (κ3) is 8.37. The summed E-state index contributed by atoms with van der Waals surface area (Å²) in [5.74, 6) is 0.962. The Hall–Kier alpha value is -3.15. The molecule has 0 aromatic heterocycles. The van der Waals surface area contributed by atoms with Gasteiger partial charge < -0.3 is 15.0 Å². The number of nitrogens with zero attached hydrogens (tertiary/aromatic N) is 1. The van der Waals surface area contributed by atoms with E-state index in [9.17, 15) is 14.4 Å². The van der Waals surface area contributed by atoms with Crippen molar-refractivity contribution in [2.24, 2.45) is 0 Å². The summed E-state index contributed by atoms with van der Waals surface area (Å²) in [5.41, 5.74) is 2.45. The second-order valence-electron chi connectivity index (χ2n) is 8.20. The number of para-hydroxylation sites is 1. The average Bonchev–Trinajstić information content (AvgIpc) is 2.84. The van der Waals surface area contributed by atoms with Gasteiger partial charge in [-0.2, -0.15) is 0 Å². The van der Waals surface area contributed by atoms with E-state index in [4.69, 9.17) is 4.74 Å². The van der Waals surface area contributed by atoms with Crippen molar-refractivity contribution >= 4 is 23.3 Å². The fourth-order valence-corrected chi connectivity index (χ4v) is 3.51. The van der Waals surface area contributed by atoms with Crippen molar-refractivity contribution < 1.29 is 19.1 Å². The van der Waals surface area contributed by atoms with Crippen LogP contribution in [-0.4, -0.2) is 41.7 Å². The lowest BCUT2D eigenvalue weighted by molar-refractivity contribution is -0.139. The van der Waals surface area contributed by atoms with Crippen molar-refractivity contribution in [3.05, 3.63) is 59.7 Å². The molecule has 3 rings (SSSR count). The van der Waals surface area contributed by atoms with Crippen LogP contribution in [0.4, 0.5) is 5.69 Å². The van der Waals surface area contributed by atoms with Crippen LogP contribution in [0, 0.1) is 6.92 Å². The van der Waals surface area contributed by atoms with E-state index in [1.165, 1.54) is 13.3 Å². The van der Waals surface area contributed by atoms with Gasteiger partial charge in [-0.25, -0.2) is 0 Å². The van der Waals surface area contributed by atoms with Crippen LogP contribution < -0.4 is 10.1 Å². The number of carbonyl (C=O) groups is 3. The molecule has 2 aromatic rings. The van der Waals surface area contributed by atoms with Crippen molar-refractivity contribution in [2.45, 2.75) is 65.9 Å². The number of hydrogen-bond acceptors (Lipinski definition) is 4. The van der Waals surface area contributed by atoms with Crippen LogP contribution in [0.3, 0.4) is 0 Å². The van der Waals surface area contributed by atoms with Gasteiger partial charge in [-0.1, -0.05) is 32.0 Å². The summed E-state index contributed by atoms with van der Waals surface area (Å²) in [6.07, 6.45) is 4.29. The van der Waals surface area contributed by atoms with Crippen molar-refractivity contribution in [3.63, 3.8) is 0 Å². The average molecular weight is 453 g/mol. The second kappa shape index (κ2) is 13.4. The van der Waals surface area contributed by atoms with E-state index in [1.807, 2.05) is 43.0 Å². The number of ether oxygens (including phenoxy) is 1. The van der Waals surface area contributed by atoms with Gasteiger partial charge in [-0.15, -0.1) is 0 Å². The van der Waals surface area contributed by atoms with Gasteiger partial charge in [0.25, 0.3) is 5.91 Å². The van der Waals surface area contributed by atoms with Gasteiger partial charge in [-0.3, -0.25) is 14.4 Å². The predicted molar refractivity (Wildman–Crippen MR) is 132 cm³/mol. The number of amides is 2. The molecule has 1 unspecified atom stereocenters. The molecule has 0 radical (unpaired) electrons. The molecule has 0 spiro atoms. The standard InChI is InChI=1S/C16H23NO2.C11H13NO2/c1-3-14(16(18)17-11-7-4-8-12-17)19-15-10-6-5-9-13(15)2;1-3-11(14)12-10-6-4-9(5-7-10)8(2)13/h5-6,9-10,14H,3-4,7-8,11-12H2,1-2H3;4-7H,3H2,1-2H3,(H,12,14). The highest BCUT2D eigenvalue weighted by Gasteiger charge is 2.26. The molecule has 0 aliphatic carbocycles. The first kappa shape index (κ1) is 26.1. The van der Waals surface area contributed by atoms with Gasteiger partial charge in [0, 0.05) is 30.8 Å². The van der Waals surface area contributed by atoms with Gasteiger partial charge in [0.2, 0.25) is 5.91 Å². The number of anilines is 1. The van der Waals surface area contributed by atoms with Crippen LogP contribution in [0.1, 0.15) is 68.8 Å². The molecular formula is C27H36N2O4. The number of likely N-dealkylation sites (tertiary alicyclic amines) is 1. The minimum atomic E-state index is -0.348. The molecule has 1 atom stereocenters. The number of piperidine rings is 1. The summed E-state index contributed by atoms with van der Waals surface area (Å²) in [6.45, 7) is 9.08. The minimum absolute atomic E-state index is 0.0263. The fourth-order valence-electron chi connectivity index (χ4n) is 3.51. The summed E-state index contributed by atoms with van der Waals surface area (Å²) in [6, 6.07) is 14.7. The molecule has 1 N–H and O–H groups in total. The molecule has 2 amide bonds. The summed E-state index contributed by atoms with van der Waals surface area (Å²) >= 11 is 0. The fraction of sp³-hybridized carbons (Fsp3) is 0.444. The van der Waals surface area contributed by atoms with E-state index in [1.54, 1.807) is 31.2 Å². The smallest absolute Gasteiger partial charge is 0.263 e. The molecule has 2 aromatic carbocycles. The summed E-state index contributed by atoms with van der Waals surface area (Å²) < 4.78 is 5.92. The van der Waals surface area contributed by atoms with Crippen LogP contribution in [0.5, 0.6) is 5.75 Å². The zero-order chi connectivity index (χ0) is 24.2. The number of hydrogen-bond donors (Lipinski definition) is 1. The molecule has 1 fully saturated rings. The molecule has 178 valence electrons. The Labute approximate surface area is 197 Å². The lowest BCUT2D eigenvalue weighted by Crippen LogP contribution is -2.44. The number of benzene rings is 2. The maximum atomic E-state index is 12.4. The van der Waals surface area contributed by atoms with Gasteiger partial charge in [0.15, 0.2) is 11.9 Å². The number of aryl methyl sites for hydroxylation is 1. The first-order valence-electron chi connectivity index (χ1n) is 11.8. The Balaban J connectivity index is 0.000000245. The van der Waals surface area contributed by atoms with Gasteiger partial charge in [-0.05, 0) is 75.4 Å². The lowest BCUT2D eigenvalue weighted by Gasteiger charge is -2.30. The van der Waals surface area contributed by atoms with E-state index in [0.29, 0.717) is 18.4 Å². The Bertz CT molecular complexity index is 918. The largest absolute Gasteiger partial charge is 0.480 e. The van der Waals surface area contributed by atoms with Gasteiger partial charge in [0.1, 0.15) is 5.75 Å². The Morgan fingerprint density at radius 2 is 1.61 bits per heavy atom. The van der Waals surface area contributed by atoms with Crippen molar-refractivity contribution in [3.8, 4) is 5.75 Å². The Morgan fingerprint density at radius 1 is 0.970 bits per heavy atom. The number of carbonyl (C=O) groups excluding carboxylic acids is 3. The zero-order valence-electron chi connectivity index (χ0n) is 20.2. The lowest BCUT2D eigenvalue weighted by atomic mass is 10.1. The van der Waals surface area contributed by atoms with Crippen LogP contribution >= 0.6 is 0 Å². The van der Waals surface area contributed by atoms with Gasteiger partial charge >= 0.3 is 0 Å². The van der Waals surface area contributed by atoms with E-state index in [2.05, 4.69) is 5.32 Å². The number of ketones is 1. The maximum absolute atomic E-state index is 12.4. The normalized spacial score (nSPS) is 13.9. The number of Topliss-reactive ketones (excluding diaryl/α,β-unsaturated/α-hetero) is 1. The quantitative estimate of drug-likeness (QED) is 0.571. The molecule has 6 heteroatoms. The minimum Gasteiger partial charge on any atom is -0.480 e. The predicted octanol–water partition coefficient (Wildman–Crippen LogP) is 5.40. The van der Waals surface area contributed by atoms with Crippen LogP contribution in [0.15, 0.2) is 48.5 Å². The highest BCUT2D eigenvalue weighted by atomic mass is 16.5. The molecule has 1 heterocycles. The zero-order valence-corrected chi connectivity index (χ0v) is 20.2. The molecule has 1 aliphatic rings. The van der Waals surface area contributed by atoms with E-state index in [-0.39, 0.29) is 23.7 Å². The molecule has 0 bridgehead atoms. The Kier molecular flexibility index (Phi) is 10.6. The molecule has 6 nitrogen and oxygen atoms in total. The third-order valence-corrected chi connectivity index (χ3v) is 5.57. The highest BCUT2D eigenvalue weighted by Crippen LogP contribution is 2.20. The SMILES string of the molecule is CCC(=O)Nc1ccc(C(C)=O)cc1.CCC(Oc1ccccc1C)C(=O)N1CCCCC1. The van der Waals surface area contributed by atoms with Gasteiger partial charge in [0.05, 0.1) is 0 Å². The second-order valence-corrected chi connectivity index (χ2v) is 8.20. The van der Waals surface area contributed by atoms with Crippen molar-refractivity contribution in [2.75, 3.05) is 18.4 Å². The molecule has 33 heavy (non-hydrogen) atoms.